The molecule has 0 aliphatic rings. The van der Waals surface area contributed by atoms with Crippen LogP contribution in [0.25, 0.3) is 0 Å². The van der Waals surface area contributed by atoms with Gasteiger partial charge >= 0.3 is 5.97 Å². The number of hydrogen-bond acceptors (Lipinski definition) is 3. The van der Waals surface area contributed by atoms with E-state index in [1.165, 1.54) is 20.0 Å². The number of unbranched alkanes of at least 4 members (excludes halogenated alkanes) is 2. The number of rotatable bonds is 6. The van der Waals surface area contributed by atoms with Crippen LogP contribution >= 0.6 is 0 Å². The zero-order valence-corrected chi connectivity index (χ0v) is 9.86. The monoisotopic (exact) mass is 222 g/mol. The molecule has 0 saturated heterocycles. The van der Waals surface area contributed by atoms with Gasteiger partial charge < -0.3 is 9.47 Å². The van der Waals surface area contributed by atoms with Gasteiger partial charge in [-0.15, -0.1) is 0 Å². The molecule has 1 aromatic rings. The van der Waals surface area contributed by atoms with Crippen molar-refractivity contribution in [2.75, 3.05) is 13.7 Å². The maximum absolute atomic E-state index is 11.2. The van der Waals surface area contributed by atoms with Crippen molar-refractivity contribution in [1.82, 2.24) is 0 Å². The predicted molar refractivity (Wildman–Crippen MR) is 62.8 cm³/mol. The quantitative estimate of drug-likeness (QED) is 0.548. The van der Waals surface area contributed by atoms with Gasteiger partial charge in [0.2, 0.25) is 0 Å². The molecule has 0 radical (unpaired) electrons. The van der Waals surface area contributed by atoms with Gasteiger partial charge in [-0.3, -0.25) is 0 Å². The second-order valence-electron chi connectivity index (χ2n) is 3.57. The molecule has 1 rings (SSSR count). The lowest BCUT2D eigenvalue weighted by Crippen LogP contribution is -2.01. The molecule has 16 heavy (non-hydrogen) atoms. The molecular formula is C13H18O3. The summed E-state index contributed by atoms with van der Waals surface area (Å²) >= 11 is 0. The van der Waals surface area contributed by atoms with E-state index in [0.717, 1.165) is 18.8 Å². The van der Waals surface area contributed by atoms with Gasteiger partial charge in [0.25, 0.3) is 0 Å². The van der Waals surface area contributed by atoms with E-state index in [2.05, 4.69) is 11.7 Å². The van der Waals surface area contributed by atoms with E-state index in [-0.39, 0.29) is 5.97 Å². The van der Waals surface area contributed by atoms with E-state index in [1.54, 1.807) is 24.3 Å². The lowest BCUT2D eigenvalue weighted by Gasteiger charge is -2.06. The summed E-state index contributed by atoms with van der Waals surface area (Å²) in [6.07, 6.45) is 3.43. The second-order valence-corrected chi connectivity index (χ2v) is 3.57. The summed E-state index contributed by atoms with van der Waals surface area (Å²) in [6, 6.07) is 7.00. The Labute approximate surface area is 96.4 Å². The van der Waals surface area contributed by atoms with Crippen molar-refractivity contribution in [2.24, 2.45) is 0 Å². The fraction of sp³-hybridized carbons (Fsp3) is 0.462. The highest BCUT2D eigenvalue weighted by Gasteiger charge is 2.04. The molecule has 0 atom stereocenters. The van der Waals surface area contributed by atoms with E-state index in [0.29, 0.717) is 5.56 Å². The summed E-state index contributed by atoms with van der Waals surface area (Å²) in [5.41, 5.74) is 0.545. The van der Waals surface area contributed by atoms with Crippen molar-refractivity contribution in [3.05, 3.63) is 29.8 Å². The zero-order chi connectivity index (χ0) is 11.8. The molecule has 0 heterocycles. The van der Waals surface area contributed by atoms with Crippen molar-refractivity contribution in [2.45, 2.75) is 26.2 Å². The summed E-state index contributed by atoms with van der Waals surface area (Å²) in [5, 5.41) is 0. The number of carbonyl (C=O) groups excluding carboxylic acids is 1. The van der Waals surface area contributed by atoms with Crippen molar-refractivity contribution >= 4 is 5.97 Å². The maximum atomic E-state index is 11.2. The Morgan fingerprint density at radius 3 is 2.44 bits per heavy atom. The topological polar surface area (TPSA) is 35.5 Å². The molecule has 0 fully saturated rings. The number of methoxy groups -OCH3 is 1. The van der Waals surface area contributed by atoms with Crippen LogP contribution < -0.4 is 4.74 Å². The molecule has 0 unspecified atom stereocenters. The minimum Gasteiger partial charge on any atom is -0.494 e. The molecule has 0 aliphatic heterocycles. The lowest BCUT2D eigenvalue weighted by molar-refractivity contribution is 0.0600. The molecule has 0 aliphatic carbocycles. The van der Waals surface area contributed by atoms with Gasteiger partial charge in [0.05, 0.1) is 19.3 Å². The van der Waals surface area contributed by atoms with Crippen LogP contribution in [0.1, 0.15) is 36.5 Å². The van der Waals surface area contributed by atoms with Crippen LogP contribution in [0.5, 0.6) is 5.75 Å². The normalized spacial score (nSPS) is 9.88. The molecule has 0 saturated carbocycles. The van der Waals surface area contributed by atoms with E-state index in [4.69, 9.17) is 4.74 Å². The molecule has 3 nitrogen and oxygen atoms in total. The van der Waals surface area contributed by atoms with Crippen molar-refractivity contribution in [3.8, 4) is 5.75 Å². The second kappa shape index (κ2) is 6.88. The lowest BCUT2D eigenvalue weighted by atomic mass is 10.2. The Bertz CT molecular complexity index is 316. The largest absolute Gasteiger partial charge is 0.494 e. The number of hydrogen-bond donors (Lipinski definition) is 0. The van der Waals surface area contributed by atoms with Gasteiger partial charge in [-0.1, -0.05) is 19.8 Å². The molecule has 1 aromatic carbocycles. The first-order valence-corrected chi connectivity index (χ1v) is 5.59. The van der Waals surface area contributed by atoms with Gasteiger partial charge in [0, 0.05) is 0 Å². The Balaban J connectivity index is 2.42. The minimum absolute atomic E-state index is 0.322. The zero-order valence-electron chi connectivity index (χ0n) is 9.86. The number of benzene rings is 1. The van der Waals surface area contributed by atoms with Crippen LogP contribution in [-0.4, -0.2) is 19.7 Å². The highest BCUT2D eigenvalue weighted by atomic mass is 16.5. The van der Waals surface area contributed by atoms with E-state index in [9.17, 15) is 4.79 Å². The summed E-state index contributed by atoms with van der Waals surface area (Å²) < 4.78 is 10.1. The third-order valence-electron chi connectivity index (χ3n) is 2.29. The summed E-state index contributed by atoms with van der Waals surface area (Å²) in [5.74, 6) is 0.473. The molecule has 0 amide bonds. The minimum atomic E-state index is -0.322. The molecule has 0 spiro atoms. The van der Waals surface area contributed by atoms with Gasteiger partial charge in [-0.05, 0) is 30.7 Å². The first-order valence-electron chi connectivity index (χ1n) is 5.59. The van der Waals surface area contributed by atoms with Crippen LogP contribution in [0.3, 0.4) is 0 Å². The highest BCUT2D eigenvalue weighted by Crippen LogP contribution is 2.13. The smallest absolute Gasteiger partial charge is 0.337 e. The fourth-order valence-corrected chi connectivity index (χ4v) is 1.35. The average Bonchev–Trinajstić information content (AvgIpc) is 2.34. The van der Waals surface area contributed by atoms with Crippen molar-refractivity contribution in [1.29, 1.82) is 0 Å². The Kier molecular flexibility index (Phi) is 5.40. The molecule has 0 N–H and O–H groups in total. The van der Waals surface area contributed by atoms with Crippen LogP contribution in [-0.2, 0) is 4.74 Å². The van der Waals surface area contributed by atoms with E-state index < -0.39 is 0 Å². The van der Waals surface area contributed by atoms with Gasteiger partial charge in [-0.2, -0.15) is 0 Å². The summed E-state index contributed by atoms with van der Waals surface area (Å²) in [6.45, 7) is 2.89. The van der Waals surface area contributed by atoms with Crippen molar-refractivity contribution < 1.29 is 14.3 Å². The Morgan fingerprint density at radius 1 is 1.19 bits per heavy atom. The van der Waals surface area contributed by atoms with E-state index >= 15 is 0 Å². The summed E-state index contributed by atoms with van der Waals surface area (Å²) in [7, 11) is 1.37. The summed E-state index contributed by atoms with van der Waals surface area (Å²) in [4.78, 5) is 11.2. The van der Waals surface area contributed by atoms with Crippen LogP contribution in [0.2, 0.25) is 0 Å². The molecular weight excluding hydrogens is 204 g/mol. The van der Waals surface area contributed by atoms with Gasteiger partial charge in [0.15, 0.2) is 0 Å². The SMILES string of the molecule is CCCCCOc1ccc(C(=O)OC)cc1. The average molecular weight is 222 g/mol. The third-order valence-corrected chi connectivity index (χ3v) is 2.29. The number of esters is 1. The first kappa shape index (κ1) is 12.6. The van der Waals surface area contributed by atoms with E-state index in [1.807, 2.05) is 0 Å². The third kappa shape index (κ3) is 3.93. The van der Waals surface area contributed by atoms with Crippen LogP contribution in [0.4, 0.5) is 0 Å². The predicted octanol–water partition coefficient (Wildman–Crippen LogP) is 3.04. The van der Waals surface area contributed by atoms with Gasteiger partial charge in [-0.25, -0.2) is 4.79 Å². The molecule has 88 valence electrons. The van der Waals surface area contributed by atoms with Gasteiger partial charge in [0.1, 0.15) is 5.75 Å². The highest BCUT2D eigenvalue weighted by molar-refractivity contribution is 5.89. The molecule has 0 bridgehead atoms. The number of ether oxygens (including phenoxy) is 2. The number of carbonyl (C=O) groups is 1. The van der Waals surface area contributed by atoms with Crippen LogP contribution in [0.15, 0.2) is 24.3 Å². The first-order chi connectivity index (χ1) is 7.77. The molecule has 3 heteroatoms. The molecule has 0 aromatic heterocycles. The fourth-order valence-electron chi connectivity index (χ4n) is 1.35. The van der Waals surface area contributed by atoms with Crippen molar-refractivity contribution in [3.63, 3.8) is 0 Å². The van der Waals surface area contributed by atoms with Crippen LogP contribution in [0, 0.1) is 0 Å². The Hall–Kier alpha value is -1.51. The Morgan fingerprint density at radius 2 is 1.88 bits per heavy atom. The standard InChI is InChI=1S/C13H18O3/c1-3-4-5-10-16-12-8-6-11(7-9-12)13(14)15-2/h6-9H,3-5,10H2,1-2H3. The maximum Gasteiger partial charge on any atom is 0.337 e.